The SMILES string of the molecule is COc1ccc(CN(Cc2cccc(C(F)(F)F)c2)Cc2nc(C(=O)NC(C)c3ccccc3)co2)cc1. The van der Waals surface area contributed by atoms with Crippen molar-refractivity contribution in [3.63, 3.8) is 0 Å². The Kier molecular flexibility index (Phi) is 8.48. The molecule has 1 aromatic heterocycles. The monoisotopic (exact) mass is 523 g/mol. The summed E-state index contributed by atoms with van der Waals surface area (Å²) in [5.41, 5.74) is 1.80. The highest BCUT2D eigenvalue weighted by Gasteiger charge is 2.30. The number of benzene rings is 3. The molecule has 0 radical (unpaired) electrons. The van der Waals surface area contributed by atoms with E-state index in [-0.39, 0.29) is 36.6 Å². The number of carbonyl (C=O) groups is 1. The number of amides is 1. The van der Waals surface area contributed by atoms with E-state index in [0.717, 1.165) is 23.3 Å². The Labute approximate surface area is 219 Å². The first-order chi connectivity index (χ1) is 18.2. The van der Waals surface area contributed by atoms with Gasteiger partial charge in [0.25, 0.3) is 5.91 Å². The van der Waals surface area contributed by atoms with E-state index in [1.165, 1.54) is 12.3 Å². The molecule has 4 rings (SSSR count). The highest BCUT2D eigenvalue weighted by atomic mass is 19.4. The summed E-state index contributed by atoms with van der Waals surface area (Å²) in [4.78, 5) is 19.0. The number of nitrogens with one attached hydrogen (secondary N) is 1. The first-order valence-electron chi connectivity index (χ1n) is 12.0. The highest BCUT2D eigenvalue weighted by molar-refractivity contribution is 5.92. The van der Waals surface area contributed by atoms with Gasteiger partial charge >= 0.3 is 6.18 Å². The number of halogens is 3. The molecule has 1 unspecified atom stereocenters. The van der Waals surface area contributed by atoms with Crippen molar-refractivity contribution in [1.82, 2.24) is 15.2 Å². The fourth-order valence-corrected chi connectivity index (χ4v) is 4.04. The van der Waals surface area contributed by atoms with Crippen molar-refractivity contribution in [3.05, 3.63) is 119 Å². The van der Waals surface area contributed by atoms with Gasteiger partial charge in [0.2, 0.25) is 5.89 Å². The van der Waals surface area contributed by atoms with Crippen molar-refractivity contribution in [2.45, 2.75) is 38.8 Å². The zero-order valence-corrected chi connectivity index (χ0v) is 21.0. The second-order valence-electron chi connectivity index (χ2n) is 8.92. The molecule has 0 aliphatic heterocycles. The molecule has 0 saturated heterocycles. The summed E-state index contributed by atoms with van der Waals surface area (Å²) in [6, 6.07) is 22.0. The summed E-state index contributed by atoms with van der Waals surface area (Å²) in [6.45, 7) is 2.68. The lowest BCUT2D eigenvalue weighted by molar-refractivity contribution is -0.137. The number of alkyl halides is 3. The van der Waals surface area contributed by atoms with Gasteiger partial charge in [-0.15, -0.1) is 0 Å². The minimum atomic E-state index is -4.43. The Morgan fingerprint density at radius 1 is 0.974 bits per heavy atom. The number of hydrogen-bond donors (Lipinski definition) is 1. The van der Waals surface area contributed by atoms with Crippen LogP contribution < -0.4 is 10.1 Å². The molecule has 1 amide bonds. The molecule has 0 aliphatic carbocycles. The number of oxazole rings is 1. The number of carbonyl (C=O) groups excluding carboxylic acids is 1. The molecular weight excluding hydrogens is 495 g/mol. The summed E-state index contributed by atoms with van der Waals surface area (Å²) in [7, 11) is 1.58. The molecule has 38 heavy (non-hydrogen) atoms. The van der Waals surface area contributed by atoms with Gasteiger partial charge in [0.1, 0.15) is 12.0 Å². The molecule has 9 heteroatoms. The number of ether oxygens (including phenoxy) is 1. The Morgan fingerprint density at radius 2 is 1.68 bits per heavy atom. The third kappa shape index (κ3) is 7.23. The molecule has 198 valence electrons. The van der Waals surface area contributed by atoms with Gasteiger partial charge in [-0.2, -0.15) is 13.2 Å². The third-order valence-electron chi connectivity index (χ3n) is 6.02. The lowest BCUT2D eigenvalue weighted by Crippen LogP contribution is -2.27. The Hall–Kier alpha value is -4.11. The molecule has 1 heterocycles. The Morgan fingerprint density at radius 3 is 2.37 bits per heavy atom. The minimum absolute atomic E-state index is 0.131. The number of aromatic nitrogens is 1. The highest BCUT2D eigenvalue weighted by Crippen LogP contribution is 2.30. The van der Waals surface area contributed by atoms with Gasteiger partial charge in [0, 0.05) is 13.1 Å². The summed E-state index contributed by atoms with van der Waals surface area (Å²) in [5, 5.41) is 2.90. The summed E-state index contributed by atoms with van der Waals surface area (Å²) in [5.74, 6) is 0.602. The summed E-state index contributed by atoms with van der Waals surface area (Å²) >= 11 is 0. The van der Waals surface area contributed by atoms with Crippen molar-refractivity contribution in [3.8, 4) is 5.75 Å². The van der Waals surface area contributed by atoms with Gasteiger partial charge < -0.3 is 14.5 Å². The average molecular weight is 524 g/mol. The van der Waals surface area contributed by atoms with Crippen molar-refractivity contribution < 1.29 is 27.1 Å². The largest absolute Gasteiger partial charge is 0.497 e. The smallest absolute Gasteiger partial charge is 0.416 e. The first-order valence-corrected chi connectivity index (χ1v) is 12.0. The Bertz CT molecular complexity index is 1340. The third-order valence-corrected chi connectivity index (χ3v) is 6.02. The maximum Gasteiger partial charge on any atom is 0.416 e. The van der Waals surface area contributed by atoms with Crippen molar-refractivity contribution in [2.24, 2.45) is 0 Å². The van der Waals surface area contributed by atoms with Gasteiger partial charge in [0.05, 0.1) is 25.3 Å². The van der Waals surface area contributed by atoms with Gasteiger partial charge in [-0.1, -0.05) is 60.7 Å². The number of hydrogen-bond acceptors (Lipinski definition) is 5. The van der Waals surface area contributed by atoms with Crippen molar-refractivity contribution in [2.75, 3.05) is 7.11 Å². The molecule has 1 atom stereocenters. The van der Waals surface area contributed by atoms with E-state index in [2.05, 4.69) is 10.3 Å². The van der Waals surface area contributed by atoms with Gasteiger partial charge in [-0.05, 0) is 41.8 Å². The van der Waals surface area contributed by atoms with E-state index in [0.29, 0.717) is 17.9 Å². The zero-order chi connectivity index (χ0) is 27.1. The van der Waals surface area contributed by atoms with Crippen LogP contribution in [-0.2, 0) is 25.8 Å². The predicted octanol–water partition coefficient (Wildman–Crippen LogP) is 6.40. The van der Waals surface area contributed by atoms with Crippen LogP contribution >= 0.6 is 0 Å². The van der Waals surface area contributed by atoms with Crippen LogP contribution in [0.25, 0.3) is 0 Å². The number of nitrogens with zero attached hydrogens (tertiary/aromatic N) is 2. The lowest BCUT2D eigenvalue weighted by atomic mass is 10.1. The van der Waals surface area contributed by atoms with Crippen molar-refractivity contribution >= 4 is 5.91 Å². The zero-order valence-electron chi connectivity index (χ0n) is 21.0. The maximum absolute atomic E-state index is 13.3. The molecule has 0 bridgehead atoms. The summed E-state index contributed by atoms with van der Waals surface area (Å²) in [6.07, 6.45) is -3.14. The molecule has 0 saturated carbocycles. The minimum Gasteiger partial charge on any atom is -0.497 e. The number of rotatable bonds is 10. The van der Waals surface area contributed by atoms with E-state index in [9.17, 15) is 18.0 Å². The molecule has 4 aromatic rings. The van der Waals surface area contributed by atoms with E-state index in [4.69, 9.17) is 9.15 Å². The van der Waals surface area contributed by atoms with Gasteiger partial charge in [0.15, 0.2) is 5.69 Å². The molecular formula is C29H28F3N3O3. The molecule has 0 fully saturated rings. The van der Waals surface area contributed by atoms with Crippen LogP contribution in [-0.4, -0.2) is 22.9 Å². The molecule has 3 aromatic carbocycles. The van der Waals surface area contributed by atoms with Crippen LogP contribution in [0.3, 0.4) is 0 Å². The van der Waals surface area contributed by atoms with Crippen LogP contribution in [0.4, 0.5) is 13.2 Å². The quantitative estimate of drug-likeness (QED) is 0.261. The normalized spacial score (nSPS) is 12.4. The molecule has 6 nitrogen and oxygen atoms in total. The van der Waals surface area contributed by atoms with Crippen LogP contribution in [0.5, 0.6) is 5.75 Å². The van der Waals surface area contributed by atoms with Crippen LogP contribution in [0.15, 0.2) is 89.5 Å². The Balaban J connectivity index is 1.50. The lowest BCUT2D eigenvalue weighted by Gasteiger charge is -2.22. The average Bonchev–Trinajstić information content (AvgIpc) is 3.38. The van der Waals surface area contributed by atoms with E-state index in [1.54, 1.807) is 13.2 Å². The van der Waals surface area contributed by atoms with Crippen LogP contribution in [0, 0.1) is 0 Å². The molecule has 0 spiro atoms. The molecule has 1 N–H and O–H groups in total. The maximum atomic E-state index is 13.3. The predicted molar refractivity (Wildman–Crippen MR) is 136 cm³/mol. The summed E-state index contributed by atoms with van der Waals surface area (Å²) < 4.78 is 50.6. The van der Waals surface area contributed by atoms with E-state index in [1.807, 2.05) is 66.4 Å². The van der Waals surface area contributed by atoms with Gasteiger partial charge in [-0.25, -0.2) is 4.98 Å². The second-order valence-corrected chi connectivity index (χ2v) is 8.92. The fraction of sp³-hybridized carbons (Fsp3) is 0.241. The number of methoxy groups -OCH3 is 1. The van der Waals surface area contributed by atoms with Crippen LogP contribution in [0.1, 0.15) is 51.6 Å². The van der Waals surface area contributed by atoms with Crippen LogP contribution in [0.2, 0.25) is 0 Å². The van der Waals surface area contributed by atoms with Crippen molar-refractivity contribution in [1.29, 1.82) is 0 Å². The molecule has 0 aliphatic rings. The van der Waals surface area contributed by atoms with E-state index < -0.39 is 11.7 Å². The first kappa shape index (κ1) is 26.9. The van der Waals surface area contributed by atoms with Gasteiger partial charge in [-0.3, -0.25) is 9.69 Å². The second kappa shape index (κ2) is 12.0. The fourth-order valence-electron chi connectivity index (χ4n) is 4.04. The standard InChI is InChI=1S/C29H28F3N3O3/c1-20(23-8-4-3-5-9-23)33-28(36)26-19-38-27(34-26)18-35(16-21-11-13-25(37-2)14-12-21)17-22-7-6-10-24(15-22)29(30,31)32/h3-15,19-20H,16-18H2,1-2H3,(H,33,36). The van der Waals surface area contributed by atoms with E-state index >= 15 is 0 Å². The topological polar surface area (TPSA) is 67.6 Å².